The number of piperidine rings is 1. The van der Waals surface area contributed by atoms with Crippen LogP contribution in [0.5, 0.6) is 11.5 Å². The minimum Gasteiger partial charge on any atom is -0.497 e. The molecule has 1 aliphatic rings. The number of aromatic nitrogens is 1. The largest absolute Gasteiger partial charge is 0.497 e. The Kier molecular flexibility index (Phi) is 7.77. The molecule has 0 N–H and O–H groups in total. The summed E-state index contributed by atoms with van der Waals surface area (Å²) >= 11 is 0. The molecule has 0 spiro atoms. The fraction of sp³-hybridized carbons (Fsp3) is 0.296. The van der Waals surface area contributed by atoms with Gasteiger partial charge in [0, 0.05) is 42.9 Å². The second-order valence-corrected chi connectivity index (χ2v) is 8.51. The molecule has 3 aromatic rings. The molecule has 2 aromatic carbocycles. The molecule has 0 atom stereocenters. The van der Waals surface area contributed by atoms with Crippen molar-refractivity contribution in [3.05, 3.63) is 83.7 Å². The highest BCUT2D eigenvalue weighted by molar-refractivity contribution is 5.97. The van der Waals surface area contributed by atoms with Crippen molar-refractivity contribution in [1.29, 1.82) is 0 Å². The fourth-order valence-electron chi connectivity index (χ4n) is 4.30. The highest BCUT2D eigenvalue weighted by Gasteiger charge is 2.32. The van der Waals surface area contributed by atoms with Crippen molar-refractivity contribution >= 4 is 17.5 Å². The van der Waals surface area contributed by atoms with Gasteiger partial charge in [0.05, 0.1) is 32.1 Å². The standard InChI is InChI=1S/C27H27F2N3O4/c1-35-22-13-19(14-23(16-22)36-2)26(33)31-11-8-18(9-12-31)27(34)32(17-21-5-3-4-10-30-21)25-7-6-20(28)15-24(25)29/h3-7,10,13-16,18H,8-9,11-12,17H2,1-2H3. The second-order valence-electron chi connectivity index (χ2n) is 8.51. The molecule has 7 nitrogen and oxygen atoms in total. The van der Waals surface area contributed by atoms with Gasteiger partial charge in [-0.15, -0.1) is 0 Å². The summed E-state index contributed by atoms with van der Waals surface area (Å²) < 4.78 is 38.7. The summed E-state index contributed by atoms with van der Waals surface area (Å²) in [6, 6.07) is 13.4. The molecule has 4 rings (SSSR count). The van der Waals surface area contributed by atoms with Crippen molar-refractivity contribution in [3.63, 3.8) is 0 Å². The van der Waals surface area contributed by atoms with Crippen LogP contribution in [0.25, 0.3) is 0 Å². The SMILES string of the molecule is COc1cc(OC)cc(C(=O)N2CCC(C(=O)N(Cc3ccccn3)c3ccc(F)cc3F)CC2)c1. The average Bonchev–Trinajstić information content (AvgIpc) is 2.91. The zero-order valence-corrected chi connectivity index (χ0v) is 20.1. The van der Waals surface area contributed by atoms with E-state index in [1.165, 1.54) is 25.2 Å². The number of anilines is 1. The van der Waals surface area contributed by atoms with E-state index in [1.807, 2.05) is 0 Å². The zero-order valence-electron chi connectivity index (χ0n) is 20.1. The molecule has 0 unspecified atom stereocenters. The summed E-state index contributed by atoms with van der Waals surface area (Å²) in [5, 5.41) is 0. The molecule has 1 fully saturated rings. The minimum atomic E-state index is -0.820. The van der Waals surface area contributed by atoms with Crippen LogP contribution in [-0.2, 0) is 11.3 Å². The van der Waals surface area contributed by atoms with E-state index >= 15 is 0 Å². The van der Waals surface area contributed by atoms with Crippen LogP contribution in [-0.4, -0.2) is 49.0 Å². The number of hydrogen-bond donors (Lipinski definition) is 0. The lowest BCUT2D eigenvalue weighted by Crippen LogP contribution is -2.44. The monoisotopic (exact) mass is 495 g/mol. The zero-order chi connectivity index (χ0) is 25.7. The van der Waals surface area contributed by atoms with E-state index in [0.29, 0.717) is 48.7 Å². The molecule has 2 heterocycles. The lowest BCUT2D eigenvalue weighted by atomic mass is 9.94. The van der Waals surface area contributed by atoms with Crippen LogP contribution in [0.15, 0.2) is 60.8 Å². The van der Waals surface area contributed by atoms with E-state index in [2.05, 4.69) is 4.98 Å². The number of pyridine rings is 1. The second kappa shape index (κ2) is 11.2. The van der Waals surface area contributed by atoms with Crippen LogP contribution >= 0.6 is 0 Å². The summed E-state index contributed by atoms with van der Waals surface area (Å²) in [4.78, 5) is 33.9. The average molecular weight is 496 g/mol. The maximum atomic E-state index is 14.7. The third kappa shape index (κ3) is 5.62. The van der Waals surface area contributed by atoms with Gasteiger partial charge in [-0.2, -0.15) is 0 Å². The first kappa shape index (κ1) is 25.1. The van der Waals surface area contributed by atoms with Crippen LogP contribution in [0.4, 0.5) is 14.5 Å². The van der Waals surface area contributed by atoms with E-state index in [-0.39, 0.29) is 24.0 Å². The van der Waals surface area contributed by atoms with Crippen LogP contribution in [0.2, 0.25) is 0 Å². The van der Waals surface area contributed by atoms with Gasteiger partial charge in [-0.3, -0.25) is 14.6 Å². The number of carbonyl (C=O) groups is 2. The highest BCUT2D eigenvalue weighted by Crippen LogP contribution is 2.29. The van der Waals surface area contributed by atoms with Gasteiger partial charge >= 0.3 is 0 Å². The molecule has 0 saturated carbocycles. The first-order valence-corrected chi connectivity index (χ1v) is 11.6. The molecule has 1 aromatic heterocycles. The number of halogens is 2. The summed E-state index contributed by atoms with van der Waals surface area (Å²) in [5.74, 6) is -1.43. The predicted molar refractivity (Wildman–Crippen MR) is 130 cm³/mol. The molecule has 1 saturated heterocycles. The smallest absolute Gasteiger partial charge is 0.254 e. The molecule has 9 heteroatoms. The number of nitrogens with zero attached hydrogens (tertiary/aromatic N) is 3. The van der Waals surface area contributed by atoms with Gasteiger partial charge in [0.25, 0.3) is 5.91 Å². The van der Waals surface area contributed by atoms with E-state index in [1.54, 1.807) is 47.5 Å². The number of carbonyl (C=O) groups excluding carboxylic acids is 2. The summed E-state index contributed by atoms with van der Waals surface area (Å²) in [7, 11) is 3.03. The molecule has 0 radical (unpaired) electrons. The van der Waals surface area contributed by atoms with Gasteiger partial charge < -0.3 is 19.3 Å². The molecule has 0 bridgehead atoms. The Morgan fingerprint density at radius 1 is 1.00 bits per heavy atom. The Morgan fingerprint density at radius 3 is 2.28 bits per heavy atom. The number of methoxy groups -OCH3 is 2. The van der Waals surface area contributed by atoms with Gasteiger partial charge in [0.15, 0.2) is 0 Å². The van der Waals surface area contributed by atoms with Gasteiger partial charge in [-0.1, -0.05) is 6.07 Å². The number of benzene rings is 2. The lowest BCUT2D eigenvalue weighted by molar-refractivity contribution is -0.123. The van der Waals surface area contributed by atoms with Crippen LogP contribution in [0, 0.1) is 17.6 Å². The van der Waals surface area contributed by atoms with E-state index in [9.17, 15) is 18.4 Å². The number of likely N-dealkylation sites (tertiary alicyclic amines) is 1. The third-order valence-electron chi connectivity index (χ3n) is 6.24. The lowest BCUT2D eigenvalue weighted by Gasteiger charge is -2.34. The quantitative estimate of drug-likeness (QED) is 0.484. The molecular formula is C27H27F2N3O4. The maximum Gasteiger partial charge on any atom is 0.254 e. The number of hydrogen-bond acceptors (Lipinski definition) is 5. The maximum absolute atomic E-state index is 14.7. The summed E-state index contributed by atoms with van der Waals surface area (Å²) in [6.45, 7) is 0.765. The Balaban J connectivity index is 1.50. The van der Waals surface area contributed by atoms with Crippen molar-refractivity contribution in [2.75, 3.05) is 32.2 Å². The van der Waals surface area contributed by atoms with Gasteiger partial charge in [-0.05, 0) is 49.2 Å². The first-order valence-electron chi connectivity index (χ1n) is 11.6. The van der Waals surface area contributed by atoms with Gasteiger partial charge in [0.1, 0.15) is 23.1 Å². The predicted octanol–water partition coefficient (Wildman–Crippen LogP) is 4.46. The van der Waals surface area contributed by atoms with Crippen LogP contribution in [0.3, 0.4) is 0 Å². The summed E-state index contributed by atoms with van der Waals surface area (Å²) in [6.07, 6.45) is 2.41. The van der Waals surface area contributed by atoms with Gasteiger partial charge in [0.2, 0.25) is 5.91 Å². The molecule has 36 heavy (non-hydrogen) atoms. The summed E-state index contributed by atoms with van der Waals surface area (Å²) in [5.41, 5.74) is 1.00. The molecule has 1 aliphatic heterocycles. The Hall–Kier alpha value is -4.01. The topological polar surface area (TPSA) is 72.0 Å². The highest BCUT2D eigenvalue weighted by atomic mass is 19.1. The van der Waals surface area contributed by atoms with Crippen molar-refractivity contribution in [2.24, 2.45) is 5.92 Å². The van der Waals surface area contributed by atoms with E-state index in [0.717, 1.165) is 12.1 Å². The minimum absolute atomic E-state index is 0.00552. The van der Waals surface area contributed by atoms with E-state index in [4.69, 9.17) is 9.47 Å². The van der Waals surface area contributed by atoms with Crippen molar-refractivity contribution < 1.29 is 27.8 Å². The third-order valence-corrected chi connectivity index (χ3v) is 6.24. The Bertz CT molecular complexity index is 1210. The van der Waals surface area contributed by atoms with Crippen molar-refractivity contribution in [3.8, 4) is 11.5 Å². The number of ether oxygens (including phenoxy) is 2. The normalized spacial score (nSPS) is 13.8. The van der Waals surface area contributed by atoms with Gasteiger partial charge in [-0.25, -0.2) is 8.78 Å². The molecule has 2 amide bonds. The van der Waals surface area contributed by atoms with Crippen LogP contribution < -0.4 is 14.4 Å². The molecule has 188 valence electrons. The van der Waals surface area contributed by atoms with E-state index < -0.39 is 17.6 Å². The van der Waals surface area contributed by atoms with Crippen molar-refractivity contribution in [1.82, 2.24) is 9.88 Å². The van der Waals surface area contributed by atoms with Crippen molar-refractivity contribution in [2.45, 2.75) is 19.4 Å². The Labute approximate surface area is 208 Å². The Morgan fingerprint density at radius 2 is 1.69 bits per heavy atom. The molecular weight excluding hydrogens is 468 g/mol. The number of rotatable bonds is 7. The number of amides is 2. The van der Waals surface area contributed by atoms with Crippen LogP contribution in [0.1, 0.15) is 28.9 Å². The fourth-order valence-corrected chi connectivity index (χ4v) is 4.30. The first-order chi connectivity index (χ1) is 17.4. The molecule has 0 aliphatic carbocycles.